The number of benzene rings is 2. The summed E-state index contributed by atoms with van der Waals surface area (Å²) in [5, 5.41) is 3.17. The highest BCUT2D eigenvalue weighted by Gasteiger charge is 2.23. The minimum Gasteiger partial charge on any atom is -0.493 e. The average Bonchev–Trinajstić information content (AvgIpc) is 2.99. The summed E-state index contributed by atoms with van der Waals surface area (Å²) >= 11 is 0. The molecule has 1 heterocycles. The van der Waals surface area contributed by atoms with Crippen molar-refractivity contribution in [2.75, 3.05) is 26.2 Å². The third kappa shape index (κ3) is 5.35. The first-order valence-electron chi connectivity index (χ1n) is 10.5. The third-order valence-electron chi connectivity index (χ3n) is 5.43. The van der Waals surface area contributed by atoms with E-state index in [0.29, 0.717) is 24.5 Å². The van der Waals surface area contributed by atoms with E-state index in [1.807, 2.05) is 31.2 Å². The van der Waals surface area contributed by atoms with Crippen LogP contribution in [-0.2, 0) is 0 Å². The highest BCUT2D eigenvalue weighted by Crippen LogP contribution is 2.25. The fourth-order valence-electron chi connectivity index (χ4n) is 3.87. The standard InChI is InChI=1S/C24H32N2O2/c1-3-28-23-11-7-6-10-21(23)24(27)25-18-22(20-14-12-19(2)13-15-20)26-16-8-4-5-9-17-26/h6-7,10-15,22H,3-5,8-9,16-18H2,1-2H3,(H,25,27). The quantitative estimate of drug-likeness (QED) is 0.754. The van der Waals surface area contributed by atoms with E-state index in [1.54, 1.807) is 0 Å². The SMILES string of the molecule is CCOc1ccccc1C(=O)NCC(c1ccc(C)cc1)N1CCCCCC1. The van der Waals surface area contributed by atoms with E-state index in [1.165, 1.54) is 36.8 Å². The number of ether oxygens (including phenoxy) is 1. The number of carbonyl (C=O) groups excluding carboxylic acids is 1. The Hall–Kier alpha value is -2.33. The molecule has 0 radical (unpaired) electrons. The monoisotopic (exact) mass is 380 g/mol. The van der Waals surface area contributed by atoms with Crippen LogP contribution in [0.4, 0.5) is 0 Å². The molecule has 1 aliphatic heterocycles. The maximum atomic E-state index is 12.9. The topological polar surface area (TPSA) is 41.6 Å². The predicted molar refractivity (Wildman–Crippen MR) is 114 cm³/mol. The number of rotatable bonds is 7. The maximum absolute atomic E-state index is 12.9. The summed E-state index contributed by atoms with van der Waals surface area (Å²) in [5.41, 5.74) is 3.13. The van der Waals surface area contributed by atoms with Crippen molar-refractivity contribution in [3.05, 3.63) is 65.2 Å². The van der Waals surface area contributed by atoms with Gasteiger partial charge in [-0.15, -0.1) is 0 Å². The minimum atomic E-state index is -0.0732. The van der Waals surface area contributed by atoms with Gasteiger partial charge in [0.05, 0.1) is 18.2 Å². The normalized spacial score (nSPS) is 16.2. The first-order chi connectivity index (χ1) is 13.7. The number of nitrogens with zero attached hydrogens (tertiary/aromatic N) is 1. The maximum Gasteiger partial charge on any atom is 0.255 e. The van der Waals surface area contributed by atoms with Crippen LogP contribution in [0.1, 0.15) is 60.1 Å². The van der Waals surface area contributed by atoms with E-state index in [0.717, 1.165) is 13.1 Å². The number of hydrogen-bond acceptors (Lipinski definition) is 3. The second kappa shape index (κ2) is 10.3. The predicted octanol–water partition coefficient (Wildman–Crippen LogP) is 4.74. The van der Waals surface area contributed by atoms with Gasteiger partial charge in [-0.1, -0.05) is 54.8 Å². The molecule has 1 fully saturated rings. The Balaban J connectivity index is 1.75. The fraction of sp³-hybridized carbons (Fsp3) is 0.458. The summed E-state index contributed by atoms with van der Waals surface area (Å²) < 4.78 is 5.62. The summed E-state index contributed by atoms with van der Waals surface area (Å²) in [6, 6.07) is 16.4. The molecule has 4 heteroatoms. The summed E-state index contributed by atoms with van der Waals surface area (Å²) in [6.45, 7) is 7.36. The zero-order valence-electron chi connectivity index (χ0n) is 17.1. The van der Waals surface area contributed by atoms with Gasteiger partial charge in [0.15, 0.2) is 0 Å². The van der Waals surface area contributed by atoms with Crippen molar-refractivity contribution in [3.63, 3.8) is 0 Å². The molecular formula is C24H32N2O2. The lowest BCUT2D eigenvalue weighted by Gasteiger charge is -2.31. The molecule has 0 aromatic heterocycles. The number of aryl methyl sites for hydroxylation is 1. The molecule has 1 saturated heterocycles. The lowest BCUT2D eigenvalue weighted by atomic mass is 10.0. The Morgan fingerprint density at radius 3 is 2.39 bits per heavy atom. The number of nitrogens with one attached hydrogen (secondary N) is 1. The van der Waals surface area contributed by atoms with Gasteiger partial charge in [-0.05, 0) is 57.5 Å². The van der Waals surface area contributed by atoms with Crippen molar-refractivity contribution in [2.24, 2.45) is 0 Å². The Kier molecular flexibility index (Phi) is 7.49. The Morgan fingerprint density at radius 1 is 1.04 bits per heavy atom. The van der Waals surface area contributed by atoms with Gasteiger partial charge in [-0.2, -0.15) is 0 Å². The summed E-state index contributed by atoms with van der Waals surface area (Å²) in [6.07, 6.45) is 5.05. The first-order valence-corrected chi connectivity index (χ1v) is 10.5. The van der Waals surface area contributed by atoms with E-state index in [9.17, 15) is 4.79 Å². The molecule has 1 unspecified atom stereocenters. The molecule has 0 aliphatic carbocycles. The average molecular weight is 381 g/mol. The molecular weight excluding hydrogens is 348 g/mol. The van der Waals surface area contributed by atoms with Gasteiger partial charge in [0, 0.05) is 6.54 Å². The van der Waals surface area contributed by atoms with Crippen LogP contribution in [0.15, 0.2) is 48.5 Å². The van der Waals surface area contributed by atoms with Crippen LogP contribution >= 0.6 is 0 Å². The molecule has 4 nitrogen and oxygen atoms in total. The van der Waals surface area contributed by atoms with Crippen LogP contribution in [0.3, 0.4) is 0 Å². The van der Waals surface area contributed by atoms with Crippen molar-refractivity contribution < 1.29 is 9.53 Å². The van der Waals surface area contributed by atoms with Crippen molar-refractivity contribution in [1.29, 1.82) is 0 Å². The molecule has 28 heavy (non-hydrogen) atoms. The van der Waals surface area contributed by atoms with Gasteiger partial charge in [-0.25, -0.2) is 0 Å². The second-order valence-electron chi connectivity index (χ2n) is 7.52. The van der Waals surface area contributed by atoms with E-state index in [4.69, 9.17) is 4.74 Å². The van der Waals surface area contributed by atoms with E-state index < -0.39 is 0 Å². The van der Waals surface area contributed by atoms with Crippen molar-refractivity contribution >= 4 is 5.91 Å². The molecule has 0 spiro atoms. The van der Waals surface area contributed by atoms with Crippen LogP contribution in [0.25, 0.3) is 0 Å². The molecule has 2 aromatic rings. The van der Waals surface area contributed by atoms with E-state index >= 15 is 0 Å². The zero-order chi connectivity index (χ0) is 19.8. The van der Waals surface area contributed by atoms with E-state index in [2.05, 4.69) is 41.4 Å². The molecule has 0 saturated carbocycles. The Labute approximate surface area is 168 Å². The molecule has 2 aromatic carbocycles. The van der Waals surface area contributed by atoms with Crippen molar-refractivity contribution in [3.8, 4) is 5.75 Å². The van der Waals surface area contributed by atoms with Gasteiger partial charge in [0.25, 0.3) is 5.91 Å². The zero-order valence-corrected chi connectivity index (χ0v) is 17.1. The fourth-order valence-corrected chi connectivity index (χ4v) is 3.87. The van der Waals surface area contributed by atoms with Crippen LogP contribution in [0, 0.1) is 6.92 Å². The number of carbonyl (C=O) groups is 1. The van der Waals surface area contributed by atoms with Crippen LogP contribution in [0.2, 0.25) is 0 Å². The molecule has 1 atom stereocenters. The molecule has 150 valence electrons. The lowest BCUT2D eigenvalue weighted by molar-refractivity contribution is 0.0929. The van der Waals surface area contributed by atoms with Gasteiger partial charge < -0.3 is 10.1 Å². The molecule has 1 amide bonds. The van der Waals surface area contributed by atoms with Gasteiger partial charge >= 0.3 is 0 Å². The number of hydrogen-bond donors (Lipinski definition) is 1. The largest absolute Gasteiger partial charge is 0.493 e. The van der Waals surface area contributed by atoms with Crippen molar-refractivity contribution in [2.45, 2.75) is 45.6 Å². The van der Waals surface area contributed by atoms with Gasteiger partial charge in [0.2, 0.25) is 0 Å². The summed E-state index contributed by atoms with van der Waals surface area (Å²) in [7, 11) is 0. The van der Waals surface area contributed by atoms with E-state index in [-0.39, 0.29) is 11.9 Å². The minimum absolute atomic E-state index is 0.0732. The Morgan fingerprint density at radius 2 is 1.71 bits per heavy atom. The summed E-state index contributed by atoms with van der Waals surface area (Å²) in [5.74, 6) is 0.570. The summed E-state index contributed by atoms with van der Waals surface area (Å²) in [4.78, 5) is 15.4. The molecule has 0 bridgehead atoms. The van der Waals surface area contributed by atoms with Crippen LogP contribution < -0.4 is 10.1 Å². The molecule has 3 rings (SSSR count). The molecule has 1 N–H and O–H groups in total. The van der Waals surface area contributed by atoms with Gasteiger partial charge in [0.1, 0.15) is 5.75 Å². The van der Waals surface area contributed by atoms with Crippen molar-refractivity contribution in [1.82, 2.24) is 10.2 Å². The highest BCUT2D eigenvalue weighted by molar-refractivity contribution is 5.96. The van der Waals surface area contributed by atoms with Gasteiger partial charge in [-0.3, -0.25) is 9.69 Å². The lowest BCUT2D eigenvalue weighted by Crippen LogP contribution is -2.38. The second-order valence-corrected chi connectivity index (χ2v) is 7.52. The highest BCUT2D eigenvalue weighted by atomic mass is 16.5. The number of likely N-dealkylation sites (tertiary alicyclic amines) is 1. The number of amides is 1. The number of para-hydroxylation sites is 1. The van der Waals surface area contributed by atoms with Crippen LogP contribution in [-0.4, -0.2) is 37.0 Å². The third-order valence-corrected chi connectivity index (χ3v) is 5.43. The smallest absolute Gasteiger partial charge is 0.255 e. The van der Waals surface area contributed by atoms with Crippen LogP contribution in [0.5, 0.6) is 5.75 Å². The Bertz CT molecular complexity index is 749. The molecule has 1 aliphatic rings. The first kappa shape index (κ1) is 20.4.